The van der Waals surface area contributed by atoms with Gasteiger partial charge in [-0.3, -0.25) is 14.5 Å². The summed E-state index contributed by atoms with van der Waals surface area (Å²) in [4.78, 5) is 28.0. The van der Waals surface area contributed by atoms with E-state index in [1.807, 2.05) is 18.2 Å². The van der Waals surface area contributed by atoms with Gasteiger partial charge in [-0.2, -0.15) is 0 Å². The van der Waals surface area contributed by atoms with Crippen molar-refractivity contribution in [3.63, 3.8) is 0 Å². The van der Waals surface area contributed by atoms with Crippen LogP contribution < -0.4 is 14.8 Å². The van der Waals surface area contributed by atoms with Crippen LogP contribution in [0.2, 0.25) is 0 Å². The quantitative estimate of drug-likeness (QED) is 0.551. The van der Waals surface area contributed by atoms with Crippen LogP contribution in [-0.2, 0) is 20.9 Å². The summed E-state index contributed by atoms with van der Waals surface area (Å²) >= 11 is 0. The van der Waals surface area contributed by atoms with Crippen LogP contribution in [0.4, 0.5) is 0 Å². The summed E-state index contributed by atoms with van der Waals surface area (Å²) in [6, 6.07) is 5.97. The first-order valence-electron chi connectivity index (χ1n) is 8.80. The molecule has 1 aromatic carbocycles. The number of benzene rings is 1. The van der Waals surface area contributed by atoms with Gasteiger partial charge in [0.05, 0.1) is 6.61 Å². The lowest BCUT2D eigenvalue weighted by Gasteiger charge is -2.34. The normalized spacial score (nSPS) is 16.6. The average Bonchev–Trinajstić information content (AvgIpc) is 3.10. The Morgan fingerprint density at radius 3 is 2.69 bits per heavy atom. The number of piperazine rings is 1. The number of ether oxygens (including phenoxy) is 3. The summed E-state index contributed by atoms with van der Waals surface area (Å²) < 4.78 is 15.6. The molecule has 2 heterocycles. The first-order valence-corrected chi connectivity index (χ1v) is 8.80. The van der Waals surface area contributed by atoms with Gasteiger partial charge in [-0.15, -0.1) is 0 Å². The molecule has 26 heavy (non-hydrogen) atoms. The number of carbonyl (C=O) groups is 2. The van der Waals surface area contributed by atoms with Crippen LogP contribution in [0.25, 0.3) is 0 Å². The molecule has 0 atom stereocenters. The van der Waals surface area contributed by atoms with Gasteiger partial charge in [-0.05, 0) is 17.7 Å². The fourth-order valence-electron chi connectivity index (χ4n) is 3.06. The third-order valence-electron chi connectivity index (χ3n) is 4.51. The zero-order valence-corrected chi connectivity index (χ0v) is 15.0. The van der Waals surface area contributed by atoms with Gasteiger partial charge in [-0.1, -0.05) is 6.07 Å². The van der Waals surface area contributed by atoms with E-state index in [4.69, 9.17) is 14.2 Å². The van der Waals surface area contributed by atoms with Crippen molar-refractivity contribution < 1.29 is 23.8 Å². The molecule has 2 aliphatic rings. The number of amides is 2. The molecular formula is C18H25N3O5. The minimum Gasteiger partial charge on any atom is -0.454 e. The summed E-state index contributed by atoms with van der Waals surface area (Å²) in [6.07, 6.45) is -0.105. The second-order valence-corrected chi connectivity index (χ2v) is 6.36. The van der Waals surface area contributed by atoms with E-state index >= 15 is 0 Å². The molecule has 0 radical (unpaired) electrons. The molecule has 8 heteroatoms. The fraction of sp³-hybridized carbons (Fsp3) is 0.556. The zero-order chi connectivity index (χ0) is 18.4. The largest absolute Gasteiger partial charge is 0.454 e. The Hall–Kier alpha value is -2.32. The van der Waals surface area contributed by atoms with Crippen LogP contribution in [0.15, 0.2) is 18.2 Å². The third kappa shape index (κ3) is 4.86. The molecule has 0 bridgehead atoms. The lowest BCUT2D eigenvalue weighted by atomic mass is 10.1. The van der Waals surface area contributed by atoms with Crippen molar-refractivity contribution in [1.82, 2.24) is 15.1 Å². The highest BCUT2D eigenvalue weighted by Gasteiger charge is 2.23. The van der Waals surface area contributed by atoms with E-state index in [0.717, 1.165) is 36.7 Å². The number of fused-ring (bicyclic) bond motifs is 1. The van der Waals surface area contributed by atoms with Gasteiger partial charge in [0.15, 0.2) is 11.5 Å². The van der Waals surface area contributed by atoms with E-state index in [1.165, 1.54) is 0 Å². The Kier molecular flexibility index (Phi) is 6.30. The molecule has 0 unspecified atom stereocenters. The Morgan fingerprint density at radius 1 is 1.15 bits per heavy atom. The highest BCUT2D eigenvalue weighted by Crippen LogP contribution is 2.32. The van der Waals surface area contributed by atoms with Gasteiger partial charge in [0, 0.05) is 46.4 Å². The number of rotatable bonds is 7. The van der Waals surface area contributed by atoms with Crippen LogP contribution in [-0.4, -0.2) is 74.8 Å². The summed E-state index contributed by atoms with van der Waals surface area (Å²) in [5.74, 6) is 1.20. The topological polar surface area (TPSA) is 80.3 Å². The SMILES string of the molecule is COCCNC(=O)CC(=O)N1CCN(Cc2ccc3c(c2)OCO3)CC1. The van der Waals surface area contributed by atoms with Gasteiger partial charge in [0.2, 0.25) is 18.6 Å². The van der Waals surface area contributed by atoms with Gasteiger partial charge < -0.3 is 24.4 Å². The fourth-order valence-corrected chi connectivity index (χ4v) is 3.06. The molecule has 1 fully saturated rings. The van der Waals surface area contributed by atoms with Crippen molar-refractivity contribution in [1.29, 1.82) is 0 Å². The van der Waals surface area contributed by atoms with E-state index in [0.29, 0.717) is 26.2 Å². The third-order valence-corrected chi connectivity index (χ3v) is 4.51. The van der Waals surface area contributed by atoms with Crippen LogP contribution in [0.3, 0.4) is 0 Å². The maximum absolute atomic E-state index is 12.2. The molecule has 142 valence electrons. The summed E-state index contributed by atoms with van der Waals surface area (Å²) in [6.45, 7) is 4.78. The Balaban J connectivity index is 1.41. The second-order valence-electron chi connectivity index (χ2n) is 6.36. The van der Waals surface area contributed by atoms with E-state index in [-0.39, 0.29) is 25.0 Å². The van der Waals surface area contributed by atoms with Crippen molar-refractivity contribution in [3.8, 4) is 11.5 Å². The van der Waals surface area contributed by atoms with Crippen molar-refractivity contribution in [2.45, 2.75) is 13.0 Å². The van der Waals surface area contributed by atoms with Crippen molar-refractivity contribution in [3.05, 3.63) is 23.8 Å². The van der Waals surface area contributed by atoms with Crippen LogP contribution in [0, 0.1) is 0 Å². The summed E-state index contributed by atoms with van der Waals surface area (Å²) in [7, 11) is 1.57. The molecule has 3 rings (SSSR count). The number of nitrogens with one attached hydrogen (secondary N) is 1. The van der Waals surface area contributed by atoms with E-state index in [9.17, 15) is 9.59 Å². The number of methoxy groups -OCH3 is 1. The zero-order valence-electron chi connectivity index (χ0n) is 15.0. The minimum absolute atomic E-state index is 0.105. The van der Waals surface area contributed by atoms with Crippen molar-refractivity contribution >= 4 is 11.8 Å². The lowest BCUT2D eigenvalue weighted by molar-refractivity contribution is -0.137. The minimum atomic E-state index is -0.255. The molecule has 8 nitrogen and oxygen atoms in total. The monoisotopic (exact) mass is 363 g/mol. The maximum Gasteiger partial charge on any atom is 0.232 e. The summed E-state index contributed by atoms with van der Waals surface area (Å²) in [5, 5.41) is 2.67. The van der Waals surface area contributed by atoms with Crippen LogP contribution in [0.1, 0.15) is 12.0 Å². The van der Waals surface area contributed by atoms with E-state index in [2.05, 4.69) is 10.2 Å². The van der Waals surface area contributed by atoms with Crippen LogP contribution in [0.5, 0.6) is 11.5 Å². The first kappa shape index (κ1) is 18.5. The number of carbonyl (C=O) groups excluding carboxylic acids is 2. The van der Waals surface area contributed by atoms with Gasteiger partial charge in [0.25, 0.3) is 0 Å². The molecule has 2 amide bonds. The molecule has 0 spiro atoms. The lowest BCUT2D eigenvalue weighted by Crippen LogP contribution is -2.49. The molecule has 1 aromatic rings. The van der Waals surface area contributed by atoms with Gasteiger partial charge >= 0.3 is 0 Å². The van der Waals surface area contributed by atoms with Gasteiger partial charge in [-0.25, -0.2) is 0 Å². The molecule has 1 saturated heterocycles. The predicted octanol–water partition coefficient (Wildman–Crippen LogP) is 0.212. The molecular weight excluding hydrogens is 338 g/mol. The standard InChI is InChI=1S/C18H25N3O5/c1-24-9-4-19-17(22)11-18(23)21-7-5-20(6-8-21)12-14-2-3-15-16(10-14)26-13-25-15/h2-3,10H,4-9,11-13H2,1H3,(H,19,22). The highest BCUT2D eigenvalue weighted by atomic mass is 16.7. The van der Waals surface area contributed by atoms with Crippen molar-refractivity contribution in [2.24, 2.45) is 0 Å². The van der Waals surface area contributed by atoms with Crippen LogP contribution >= 0.6 is 0 Å². The highest BCUT2D eigenvalue weighted by molar-refractivity contribution is 5.96. The molecule has 0 aromatic heterocycles. The maximum atomic E-state index is 12.2. The number of hydrogen-bond acceptors (Lipinski definition) is 6. The first-order chi connectivity index (χ1) is 12.7. The second kappa shape index (κ2) is 8.86. The molecule has 0 aliphatic carbocycles. The molecule has 2 aliphatic heterocycles. The predicted molar refractivity (Wildman–Crippen MR) is 93.9 cm³/mol. The molecule has 0 saturated carbocycles. The van der Waals surface area contributed by atoms with E-state index < -0.39 is 0 Å². The smallest absolute Gasteiger partial charge is 0.232 e. The number of hydrogen-bond donors (Lipinski definition) is 1. The Bertz CT molecular complexity index is 644. The Morgan fingerprint density at radius 2 is 1.92 bits per heavy atom. The molecule has 1 N–H and O–H groups in total. The average molecular weight is 363 g/mol. The van der Waals surface area contributed by atoms with E-state index in [1.54, 1.807) is 12.0 Å². The van der Waals surface area contributed by atoms with Gasteiger partial charge in [0.1, 0.15) is 6.42 Å². The van der Waals surface area contributed by atoms with Crippen molar-refractivity contribution in [2.75, 3.05) is 53.2 Å². The summed E-state index contributed by atoms with van der Waals surface area (Å²) in [5.41, 5.74) is 1.16. The Labute approximate surface area is 153 Å². The number of nitrogens with zero attached hydrogens (tertiary/aromatic N) is 2.